The van der Waals surface area contributed by atoms with Crippen LogP contribution in [0.25, 0.3) is 0 Å². The van der Waals surface area contributed by atoms with Crippen LogP contribution in [0.1, 0.15) is 180 Å². The molecule has 22 heteroatoms. The molecule has 36 atom stereocenters. The van der Waals surface area contributed by atoms with Crippen molar-refractivity contribution in [1.29, 1.82) is 21.0 Å². The first-order valence-electron chi connectivity index (χ1n) is 37.1. The summed E-state index contributed by atoms with van der Waals surface area (Å²) in [6.45, 7) is 0. The number of hydrogen-bond donors (Lipinski definition) is 16. The van der Waals surface area contributed by atoms with Gasteiger partial charge in [-0.1, -0.05) is 77.0 Å². The Kier molecular flexibility index (Phi) is 18.8. The lowest BCUT2D eigenvalue weighted by molar-refractivity contribution is 0.139. The van der Waals surface area contributed by atoms with Gasteiger partial charge in [-0.3, -0.25) is 85.1 Å². The van der Waals surface area contributed by atoms with E-state index in [2.05, 4.69) is 109 Å². The first-order valence-corrected chi connectivity index (χ1v) is 37.1. The van der Waals surface area contributed by atoms with E-state index in [9.17, 15) is 21.0 Å². The highest BCUT2D eigenvalue weighted by molar-refractivity contribution is 5.16. The van der Waals surface area contributed by atoms with E-state index in [0.717, 1.165) is 25.7 Å². The second-order valence-corrected chi connectivity index (χ2v) is 32.5. The van der Waals surface area contributed by atoms with Gasteiger partial charge in [0, 0.05) is 0 Å². The fraction of sp³-hybridized carbons (Fsp3) is 0.941. The molecule has 36 unspecified atom stereocenters. The van der Waals surface area contributed by atoms with Crippen LogP contribution in [0.5, 0.6) is 0 Å². The largest absolute Gasteiger partial charge is 0.412 e. The molecule has 10 aliphatic heterocycles. The third kappa shape index (κ3) is 11.3. The second kappa shape index (κ2) is 26.7. The number of nitrogens with one attached hydrogen (secondary N) is 16. The average Bonchev–Trinajstić information content (AvgIpc) is 1.88. The first kappa shape index (κ1) is 63.3. The molecule has 8 saturated carbocycles. The maximum absolute atomic E-state index is 10.1. The van der Waals surface area contributed by atoms with Crippen LogP contribution in [0.4, 0.5) is 0 Å². The van der Waals surface area contributed by atoms with E-state index < -0.39 is 0 Å². The Hall–Kier alpha value is -2.76. The summed E-state index contributed by atoms with van der Waals surface area (Å²) in [4.78, 5) is 0. The monoisotopic (exact) mass is 1240 g/mol. The Morgan fingerprint density at radius 1 is 0.167 bits per heavy atom. The topological polar surface area (TPSA) is 351 Å². The lowest BCUT2D eigenvalue weighted by Gasteiger charge is -2.37. The summed E-state index contributed by atoms with van der Waals surface area (Å²) in [5.41, 5.74) is 0. The van der Waals surface area contributed by atoms with Gasteiger partial charge in [-0.15, -0.1) is 0 Å². The van der Waals surface area contributed by atoms with Crippen molar-refractivity contribution in [2.45, 2.75) is 278 Å². The maximum atomic E-state index is 10.1. The van der Waals surface area contributed by atoms with Crippen LogP contribution in [0.2, 0.25) is 0 Å². The third-order valence-corrected chi connectivity index (χ3v) is 28.7. The van der Waals surface area contributed by atoms with E-state index in [0.29, 0.717) is 144 Å². The summed E-state index contributed by atoms with van der Waals surface area (Å²) in [5, 5.41) is 107. The highest BCUT2D eigenvalue weighted by Crippen LogP contribution is 2.51. The molecule has 18 aliphatic rings. The lowest BCUT2D eigenvalue weighted by atomic mass is 9.68. The minimum absolute atomic E-state index is 0. The zero-order chi connectivity index (χ0) is 58.7. The van der Waals surface area contributed by atoms with Crippen molar-refractivity contribution in [3.63, 3.8) is 0 Å². The third-order valence-electron chi connectivity index (χ3n) is 28.7. The second-order valence-electron chi connectivity index (χ2n) is 32.5. The van der Waals surface area contributed by atoms with Crippen LogP contribution < -0.4 is 85.1 Å². The van der Waals surface area contributed by atoms with Crippen molar-refractivity contribution in [3.05, 3.63) is 0 Å². The Balaban J connectivity index is 0.000000147. The summed E-state index contributed by atoms with van der Waals surface area (Å²) in [7, 11) is 0. The van der Waals surface area contributed by atoms with E-state index in [1.54, 1.807) is 0 Å². The summed E-state index contributed by atoms with van der Waals surface area (Å²) < 4.78 is 0. The molecule has 90 heavy (non-hydrogen) atoms. The molecule has 0 amide bonds. The Labute approximate surface area is 535 Å². The molecule has 22 nitrogen and oxygen atoms in total. The van der Waals surface area contributed by atoms with Gasteiger partial charge in [-0.05, 0) is 197 Å². The molecule has 0 radical (unpaired) electrons. The molecule has 0 aromatic heterocycles. The maximum Gasteiger partial charge on any atom is 0.0669 e. The number of fused-ring (bicyclic) bond motifs is 40. The molecular weight excluding hydrogens is 1130 g/mol. The summed E-state index contributed by atoms with van der Waals surface area (Å²) >= 11 is 0. The van der Waals surface area contributed by atoms with Crippen LogP contribution in [0, 0.1) is 164 Å². The molecule has 16 bridgehead atoms. The lowest BCUT2D eigenvalue weighted by Crippen LogP contribution is -2.61. The Morgan fingerprint density at radius 3 is 0.367 bits per heavy atom. The number of nitrogens with zero attached hydrogens (tertiary/aromatic N) is 4. The molecule has 18 fully saturated rings. The standard InChI is InChI=1S/2C34H54N10.2H2O/c2*35-15-17-13-25-26(14-18(17)16-36)34-43-32-24-12-6-4-10-22(24)30(41-32)39-28-20-8-2-1-7-19(20)27(37-28)38-29-21-9-3-5-11-23(21)31(40-29)42-33(25)44-34;;/h2*17-34,37-44H,1-14H2;2*1H2. The van der Waals surface area contributed by atoms with Crippen molar-refractivity contribution in [2.75, 3.05) is 0 Å². The van der Waals surface area contributed by atoms with Crippen molar-refractivity contribution in [1.82, 2.24) is 85.1 Å². The van der Waals surface area contributed by atoms with Gasteiger partial charge in [-0.2, -0.15) is 21.0 Å². The van der Waals surface area contributed by atoms with Gasteiger partial charge in [-0.25, -0.2) is 0 Å². The van der Waals surface area contributed by atoms with Crippen molar-refractivity contribution < 1.29 is 11.0 Å². The Morgan fingerprint density at radius 2 is 0.267 bits per heavy atom. The van der Waals surface area contributed by atoms with Gasteiger partial charge >= 0.3 is 0 Å². The van der Waals surface area contributed by atoms with Crippen LogP contribution in [0.3, 0.4) is 0 Å². The van der Waals surface area contributed by atoms with Crippen LogP contribution in [-0.2, 0) is 0 Å². The number of hydrogen-bond acceptors (Lipinski definition) is 20. The fourth-order valence-corrected chi connectivity index (χ4v) is 24.5. The van der Waals surface area contributed by atoms with E-state index in [4.69, 9.17) is 0 Å². The van der Waals surface area contributed by atoms with Gasteiger partial charge in [0.25, 0.3) is 0 Å². The zero-order valence-electron chi connectivity index (χ0n) is 53.4. The summed E-state index contributed by atoms with van der Waals surface area (Å²) in [6.07, 6.45) is 39.0. The highest BCUT2D eigenvalue weighted by atomic mass is 16.0. The van der Waals surface area contributed by atoms with Gasteiger partial charge in [0.2, 0.25) is 0 Å². The van der Waals surface area contributed by atoms with E-state index in [1.807, 2.05) is 0 Å². The van der Waals surface area contributed by atoms with Crippen molar-refractivity contribution >= 4 is 0 Å². The molecule has 10 heterocycles. The molecule has 10 saturated heterocycles. The fourth-order valence-electron chi connectivity index (χ4n) is 24.5. The van der Waals surface area contributed by atoms with E-state index in [-0.39, 0.29) is 84.0 Å². The summed E-state index contributed by atoms with van der Waals surface area (Å²) in [6, 6.07) is 10.1. The van der Waals surface area contributed by atoms with E-state index in [1.165, 1.54) is 154 Å². The SMILES string of the molecule is N#CC1CC2C3NC4NC(NC5NC(NC6NC(NC(N3)C2CC1C#N)C1CCCCC61)C1CCCCC51)C1CCCCC41.N#CC1CC2C3NC4NC(NC5NC(NC6NC(NC(N3)C2CC1C#N)C1CCCCC61)C1CCCCC51)C1CCCCC41.O.O. The van der Waals surface area contributed by atoms with Crippen molar-refractivity contribution in [2.24, 2.45) is 118 Å². The number of rotatable bonds is 0. The van der Waals surface area contributed by atoms with Crippen LogP contribution in [-0.4, -0.2) is 110 Å². The molecule has 20 N–H and O–H groups in total. The van der Waals surface area contributed by atoms with E-state index >= 15 is 0 Å². The van der Waals surface area contributed by atoms with Gasteiger partial charge in [0.05, 0.1) is 147 Å². The molecule has 0 aromatic carbocycles. The Bertz CT molecular complexity index is 2320. The van der Waals surface area contributed by atoms with Crippen LogP contribution in [0.15, 0.2) is 0 Å². The predicted octanol–water partition coefficient (Wildman–Crippen LogP) is 2.56. The van der Waals surface area contributed by atoms with Gasteiger partial charge < -0.3 is 11.0 Å². The van der Waals surface area contributed by atoms with Gasteiger partial charge in [0.15, 0.2) is 0 Å². The minimum Gasteiger partial charge on any atom is -0.412 e. The van der Waals surface area contributed by atoms with Crippen molar-refractivity contribution in [3.8, 4) is 24.3 Å². The molecule has 18 rings (SSSR count). The molecule has 0 aromatic rings. The smallest absolute Gasteiger partial charge is 0.0669 e. The zero-order valence-corrected chi connectivity index (χ0v) is 53.4. The van der Waals surface area contributed by atoms with Gasteiger partial charge in [0.1, 0.15) is 0 Å². The predicted molar refractivity (Wildman–Crippen MR) is 340 cm³/mol. The normalized spacial score (nSPS) is 55.2. The molecular formula is C68H112N20O2. The quantitative estimate of drug-likeness (QED) is 0.166. The van der Waals surface area contributed by atoms with Crippen LogP contribution >= 0.6 is 0 Å². The molecule has 496 valence electrons. The highest BCUT2D eigenvalue weighted by Gasteiger charge is 2.59. The summed E-state index contributed by atoms with van der Waals surface area (Å²) in [5.74, 6) is 8.38. The average molecular weight is 1240 g/mol. The minimum atomic E-state index is -0.181. The number of nitriles is 4. The first-order chi connectivity index (χ1) is 43.4. The molecule has 8 aliphatic carbocycles. The molecule has 0 spiro atoms.